The maximum absolute atomic E-state index is 7.12. The van der Waals surface area contributed by atoms with Crippen LogP contribution in [0.25, 0.3) is 11.2 Å². The molecule has 56 heavy (non-hydrogen) atoms. The molecule has 2 atom stereocenters. The van der Waals surface area contributed by atoms with E-state index in [9.17, 15) is 0 Å². The number of anilines is 1. The van der Waals surface area contributed by atoms with Gasteiger partial charge in [-0.3, -0.25) is 4.57 Å². The Hall–Kier alpha value is -5.07. The van der Waals surface area contributed by atoms with Gasteiger partial charge in [0.2, 0.25) is 0 Å². The van der Waals surface area contributed by atoms with E-state index in [0.717, 1.165) is 39.3 Å². The van der Waals surface area contributed by atoms with Crippen molar-refractivity contribution >= 4 is 25.3 Å². The van der Waals surface area contributed by atoms with Crippen LogP contribution in [-0.2, 0) is 32.7 Å². The minimum atomic E-state index is -1.85. The molecule has 0 bridgehead atoms. The van der Waals surface area contributed by atoms with Crippen molar-refractivity contribution in [1.29, 1.82) is 0 Å². The lowest BCUT2D eigenvalue weighted by molar-refractivity contribution is -0.0702. The number of nitrogens with one attached hydrogen (secondary N) is 1. The largest absolute Gasteiger partial charge is 0.497 e. The molecule has 0 spiro atoms. The van der Waals surface area contributed by atoms with Crippen molar-refractivity contribution in [3.05, 3.63) is 150 Å². The molecule has 7 rings (SSSR count). The van der Waals surface area contributed by atoms with Crippen LogP contribution >= 0.6 is 0 Å². The van der Waals surface area contributed by atoms with Crippen molar-refractivity contribution in [2.75, 3.05) is 26.1 Å². The summed E-state index contributed by atoms with van der Waals surface area (Å²) in [5.41, 5.74) is 5.67. The zero-order valence-corrected chi connectivity index (χ0v) is 34.4. The molecule has 10 nitrogen and oxygen atoms in total. The van der Waals surface area contributed by atoms with Crippen LogP contribution in [0.5, 0.6) is 11.5 Å². The molecule has 1 fully saturated rings. The summed E-state index contributed by atoms with van der Waals surface area (Å²) < 4.78 is 33.2. The maximum Gasteiger partial charge on any atom is 0.192 e. The van der Waals surface area contributed by atoms with Crippen molar-refractivity contribution in [3.8, 4) is 11.5 Å². The number of hydrogen-bond donors (Lipinski definition) is 1. The number of methoxy groups -OCH3 is 2. The first-order valence-corrected chi connectivity index (χ1v) is 22.0. The Morgan fingerprint density at radius 2 is 1.43 bits per heavy atom. The molecule has 1 N–H and O–H groups in total. The minimum absolute atomic E-state index is 0.161. The van der Waals surface area contributed by atoms with E-state index in [1.165, 1.54) is 0 Å². The highest BCUT2D eigenvalue weighted by atomic mass is 28.4. The summed E-state index contributed by atoms with van der Waals surface area (Å²) in [4.78, 5) is 13.9. The number of hydrogen-bond acceptors (Lipinski definition) is 9. The first kappa shape index (κ1) is 39.2. The first-order chi connectivity index (χ1) is 27.0. The van der Waals surface area contributed by atoms with Gasteiger partial charge in [-0.15, -0.1) is 0 Å². The van der Waals surface area contributed by atoms with E-state index in [2.05, 4.69) is 116 Å². The first-order valence-electron chi connectivity index (χ1n) is 19.1. The van der Waals surface area contributed by atoms with Gasteiger partial charge in [-0.1, -0.05) is 99.6 Å². The zero-order chi connectivity index (χ0) is 39.3. The molecule has 1 radical (unpaired) electrons. The molecular weight excluding hydrogens is 719 g/mol. The van der Waals surface area contributed by atoms with E-state index in [1.807, 2.05) is 47.0 Å². The quantitative estimate of drug-likeness (QED) is 0.0809. The van der Waals surface area contributed by atoms with E-state index >= 15 is 0 Å². The van der Waals surface area contributed by atoms with Crippen molar-refractivity contribution in [2.24, 2.45) is 0 Å². The summed E-state index contributed by atoms with van der Waals surface area (Å²) in [6.07, 6.45) is 5.60. The summed E-state index contributed by atoms with van der Waals surface area (Å²) >= 11 is 0. The van der Waals surface area contributed by atoms with Gasteiger partial charge in [-0.2, -0.15) is 0 Å². The third-order valence-electron chi connectivity index (χ3n) is 11.1. The van der Waals surface area contributed by atoms with Gasteiger partial charge >= 0.3 is 0 Å². The number of rotatable bonds is 15. The monoisotopic (exact) mass is 770 g/mol. The fourth-order valence-corrected chi connectivity index (χ4v) is 7.80. The molecule has 2 aromatic heterocycles. The number of ether oxygens (including phenoxy) is 4. The van der Waals surface area contributed by atoms with Crippen LogP contribution < -0.4 is 14.8 Å². The Balaban J connectivity index is 1.07. The van der Waals surface area contributed by atoms with E-state index in [4.69, 9.17) is 28.4 Å². The lowest BCUT2D eigenvalue weighted by Crippen LogP contribution is -2.40. The average Bonchev–Trinajstić information content (AvgIpc) is 3.88. The fourth-order valence-electron chi connectivity index (χ4n) is 6.84. The van der Waals surface area contributed by atoms with Crippen LogP contribution in [0, 0.1) is 6.42 Å². The van der Waals surface area contributed by atoms with Crippen molar-refractivity contribution in [3.63, 3.8) is 0 Å². The third-order valence-corrected chi connectivity index (χ3v) is 15.6. The molecule has 0 amide bonds. The SMILES string of the molecule is COc1ccc(C(OC[C@H]2[CH]C[C@H](n3cnc4c(NCc5cccc(CO[Si](C)(C)C(C)(C)C)c5)ncnc43)O2)(c2ccccc2)c2ccc(OC)cc2)cc1. The van der Waals surface area contributed by atoms with Crippen LogP contribution in [0.2, 0.25) is 18.1 Å². The van der Waals surface area contributed by atoms with Gasteiger partial charge in [-0.05, 0) is 83.1 Å². The number of aromatic nitrogens is 4. The van der Waals surface area contributed by atoms with Gasteiger partial charge in [0.15, 0.2) is 25.3 Å². The highest BCUT2D eigenvalue weighted by molar-refractivity contribution is 6.74. The molecular formula is C45H52N5O5Si. The topological polar surface area (TPSA) is 102 Å². The summed E-state index contributed by atoms with van der Waals surface area (Å²) in [5.74, 6) is 2.21. The Morgan fingerprint density at radius 1 is 0.786 bits per heavy atom. The molecule has 3 heterocycles. The summed E-state index contributed by atoms with van der Waals surface area (Å²) in [6.45, 7) is 12.9. The molecule has 4 aromatic carbocycles. The Kier molecular flexibility index (Phi) is 11.6. The molecule has 1 aliphatic rings. The van der Waals surface area contributed by atoms with Gasteiger partial charge in [0.25, 0.3) is 0 Å². The van der Waals surface area contributed by atoms with Crippen LogP contribution in [0.1, 0.15) is 61.2 Å². The summed E-state index contributed by atoms with van der Waals surface area (Å²) in [6, 6.07) is 34.9. The zero-order valence-electron chi connectivity index (χ0n) is 33.4. The fraction of sp³-hybridized carbons (Fsp3) is 0.333. The normalized spacial score (nSPS) is 16.3. The maximum atomic E-state index is 7.12. The van der Waals surface area contributed by atoms with Crippen molar-refractivity contribution < 1.29 is 23.4 Å². The second-order valence-corrected chi connectivity index (χ2v) is 20.5. The molecule has 0 unspecified atom stereocenters. The number of benzene rings is 4. The molecule has 1 saturated heterocycles. The molecule has 1 aliphatic heterocycles. The van der Waals surface area contributed by atoms with Crippen LogP contribution in [0.15, 0.2) is 116 Å². The summed E-state index contributed by atoms with van der Waals surface area (Å²) in [7, 11) is 1.49. The van der Waals surface area contributed by atoms with Gasteiger partial charge < -0.3 is 28.7 Å². The Morgan fingerprint density at radius 3 is 2.07 bits per heavy atom. The highest BCUT2D eigenvalue weighted by Crippen LogP contribution is 2.43. The Bertz CT molecular complexity index is 2160. The number of imidazole rings is 1. The smallest absolute Gasteiger partial charge is 0.192 e. The average molecular weight is 771 g/mol. The second kappa shape index (κ2) is 16.6. The highest BCUT2D eigenvalue weighted by Gasteiger charge is 2.40. The van der Waals surface area contributed by atoms with Gasteiger partial charge in [0.1, 0.15) is 29.7 Å². The van der Waals surface area contributed by atoms with Crippen molar-refractivity contribution in [2.45, 2.75) is 76.4 Å². The van der Waals surface area contributed by atoms with Gasteiger partial charge in [0.05, 0.1) is 39.9 Å². The second-order valence-electron chi connectivity index (χ2n) is 15.7. The van der Waals surface area contributed by atoms with Crippen LogP contribution in [0.4, 0.5) is 5.82 Å². The molecule has 291 valence electrons. The Labute approximate surface area is 331 Å². The van der Waals surface area contributed by atoms with E-state index in [-0.39, 0.29) is 17.4 Å². The lowest BCUT2D eigenvalue weighted by Gasteiger charge is -2.37. The predicted molar refractivity (Wildman–Crippen MR) is 222 cm³/mol. The molecule has 6 aromatic rings. The predicted octanol–water partition coefficient (Wildman–Crippen LogP) is 9.48. The standard InChI is InChI=1S/C45H52N5O5Si/c1-44(2,3)56(6,7)54-28-33-13-11-12-32(26-33)27-46-42-41-43(48-30-47-42)50(31-49-41)40-25-24-39(55-40)29-53-45(34-14-9-8-10-15-34,35-16-20-37(51-4)21-17-35)36-18-22-38(52-5)23-19-36/h8-24,26,30-31,39-40H,25,27-29H2,1-7H3,(H,46,47,48)/t39-,40-/m1/s1. The molecule has 0 aliphatic carbocycles. The molecule has 0 saturated carbocycles. The van der Waals surface area contributed by atoms with Gasteiger partial charge in [0, 0.05) is 6.54 Å². The van der Waals surface area contributed by atoms with E-state index in [0.29, 0.717) is 43.2 Å². The van der Waals surface area contributed by atoms with E-state index in [1.54, 1.807) is 26.9 Å². The van der Waals surface area contributed by atoms with Gasteiger partial charge in [-0.25, -0.2) is 15.0 Å². The van der Waals surface area contributed by atoms with Crippen molar-refractivity contribution in [1.82, 2.24) is 19.5 Å². The van der Waals surface area contributed by atoms with E-state index < -0.39 is 13.9 Å². The lowest BCUT2D eigenvalue weighted by atomic mass is 9.80. The molecule has 11 heteroatoms. The van der Waals surface area contributed by atoms with Crippen LogP contribution in [-0.4, -0.2) is 54.8 Å². The number of nitrogens with zero attached hydrogens (tertiary/aromatic N) is 4. The third kappa shape index (κ3) is 8.22. The minimum Gasteiger partial charge on any atom is -0.497 e. The van der Waals surface area contributed by atoms with Crippen LogP contribution in [0.3, 0.4) is 0 Å². The number of fused-ring (bicyclic) bond motifs is 1. The summed E-state index contributed by atoms with van der Waals surface area (Å²) in [5, 5.41) is 3.66.